The number of carbonyl (C=O) groups is 4. The number of carboxylic acids is 2. The SMILES string of the molecule is CC/C(C(=O)O)=C(\CC)C(=O)O.CCCCC1C(=O)NN(c2ccccc2)C1=O. The Bertz CT molecular complexity index is 749. The predicted molar refractivity (Wildman–Crippen MR) is 108 cm³/mol. The first-order valence-corrected chi connectivity index (χ1v) is 9.66. The summed E-state index contributed by atoms with van der Waals surface area (Å²) in [5.74, 6) is -3.13. The summed E-state index contributed by atoms with van der Waals surface area (Å²) in [6.45, 7) is 5.30. The van der Waals surface area contributed by atoms with Crippen molar-refractivity contribution in [1.82, 2.24) is 5.43 Å². The van der Waals surface area contributed by atoms with E-state index in [0.29, 0.717) is 12.1 Å². The Labute approximate surface area is 170 Å². The molecule has 8 nitrogen and oxygen atoms in total. The molecule has 2 amide bonds. The van der Waals surface area contributed by atoms with Gasteiger partial charge in [0.15, 0.2) is 0 Å². The first-order valence-electron chi connectivity index (χ1n) is 9.66. The van der Waals surface area contributed by atoms with Crippen LogP contribution in [-0.4, -0.2) is 34.0 Å². The molecule has 0 radical (unpaired) electrons. The maximum Gasteiger partial charge on any atom is 0.332 e. The molecule has 1 heterocycles. The van der Waals surface area contributed by atoms with E-state index in [4.69, 9.17) is 10.2 Å². The van der Waals surface area contributed by atoms with Gasteiger partial charge in [-0.05, 0) is 31.4 Å². The lowest BCUT2D eigenvalue weighted by Crippen LogP contribution is -2.35. The van der Waals surface area contributed by atoms with Crippen molar-refractivity contribution < 1.29 is 29.4 Å². The van der Waals surface area contributed by atoms with Crippen molar-refractivity contribution >= 4 is 29.4 Å². The average Bonchev–Trinajstić information content (AvgIpc) is 2.98. The van der Waals surface area contributed by atoms with Gasteiger partial charge < -0.3 is 10.2 Å². The highest BCUT2D eigenvalue weighted by molar-refractivity contribution is 6.14. The van der Waals surface area contributed by atoms with Crippen LogP contribution in [0.15, 0.2) is 41.5 Å². The van der Waals surface area contributed by atoms with Crippen molar-refractivity contribution in [3.8, 4) is 0 Å². The molecule has 1 aliphatic heterocycles. The minimum absolute atomic E-state index is 0.00926. The monoisotopic (exact) mass is 404 g/mol. The average molecular weight is 404 g/mol. The molecule has 0 aliphatic carbocycles. The molecule has 3 N–H and O–H groups in total. The lowest BCUT2D eigenvalue weighted by molar-refractivity contribution is -0.136. The van der Waals surface area contributed by atoms with Crippen LogP contribution >= 0.6 is 0 Å². The van der Waals surface area contributed by atoms with Gasteiger partial charge in [-0.2, -0.15) is 0 Å². The van der Waals surface area contributed by atoms with Crippen LogP contribution in [-0.2, 0) is 19.2 Å². The Balaban J connectivity index is 0.000000311. The lowest BCUT2D eigenvalue weighted by atomic mass is 10.0. The van der Waals surface area contributed by atoms with Gasteiger partial charge >= 0.3 is 11.9 Å². The van der Waals surface area contributed by atoms with E-state index >= 15 is 0 Å². The molecular formula is C21H28N2O6. The zero-order valence-electron chi connectivity index (χ0n) is 17.0. The number of hydrazine groups is 1. The van der Waals surface area contributed by atoms with E-state index in [9.17, 15) is 19.2 Å². The molecule has 1 aromatic rings. The van der Waals surface area contributed by atoms with Crippen molar-refractivity contribution in [2.45, 2.75) is 52.9 Å². The first kappa shape index (κ1) is 23.9. The number of nitrogens with zero attached hydrogens (tertiary/aromatic N) is 1. The summed E-state index contributed by atoms with van der Waals surface area (Å²) < 4.78 is 0. The minimum atomic E-state index is -1.14. The molecule has 0 aromatic heterocycles. The van der Waals surface area contributed by atoms with E-state index in [-0.39, 0.29) is 35.8 Å². The number of unbranched alkanes of at least 4 members (excludes halogenated alkanes) is 1. The molecule has 0 saturated carbocycles. The number of hydrogen-bond donors (Lipinski definition) is 3. The van der Waals surface area contributed by atoms with Gasteiger partial charge in [-0.1, -0.05) is 51.8 Å². The van der Waals surface area contributed by atoms with Crippen LogP contribution in [0.5, 0.6) is 0 Å². The van der Waals surface area contributed by atoms with E-state index in [1.54, 1.807) is 26.0 Å². The molecule has 1 unspecified atom stereocenters. The molecule has 29 heavy (non-hydrogen) atoms. The summed E-state index contributed by atoms with van der Waals surface area (Å²) in [6.07, 6.45) is 3.00. The number of carbonyl (C=O) groups excluding carboxylic acids is 2. The number of anilines is 1. The third-order valence-electron chi connectivity index (χ3n) is 4.51. The summed E-state index contributed by atoms with van der Waals surface area (Å²) in [4.78, 5) is 44.8. The van der Waals surface area contributed by atoms with E-state index in [0.717, 1.165) is 12.8 Å². The molecule has 0 spiro atoms. The number of aliphatic carboxylic acids is 2. The van der Waals surface area contributed by atoms with Crippen LogP contribution in [0.4, 0.5) is 5.69 Å². The molecule has 158 valence electrons. The maximum atomic E-state index is 12.1. The van der Waals surface area contributed by atoms with Gasteiger partial charge in [0, 0.05) is 11.1 Å². The molecule has 8 heteroatoms. The Morgan fingerprint density at radius 1 is 0.966 bits per heavy atom. The highest BCUT2D eigenvalue weighted by atomic mass is 16.4. The fourth-order valence-corrected chi connectivity index (χ4v) is 2.93. The van der Waals surface area contributed by atoms with Crippen LogP contribution in [0.2, 0.25) is 0 Å². The Kier molecular flexibility index (Phi) is 9.58. The van der Waals surface area contributed by atoms with Crippen LogP contribution in [0.25, 0.3) is 0 Å². The number of benzene rings is 1. The largest absolute Gasteiger partial charge is 0.478 e. The minimum Gasteiger partial charge on any atom is -0.478 e. The second-order valence-corrected chi connectivity index (χ2v) is 6.45. The van der Waals surface area contributed by atoms with Gasteiger partial charge in [0.1, 0.15) is 5.92 Å². The van der Waals surface area contributed by atoms with E-state index in [2.05, 4.69) is 5.43 Å². The number of hydrogen-bond acceptors (Lipinski definition) is 4. The van der Waals surface area contributed by atoms with Crippen molar-refractivity contribution in [1.29, 1.82) is 0 Å². The van der Waals surface area contributed by atoms with Crippen LogP contribution in [0, 0.1) is 5.92 Å². The lowest BCUT2D eigenvalue weighted by Gasteiger charge is -2.14. The molecule has 1 aromatic carbocycles. The van der Waals surface area contributed by atoms with Crippen molar-refractivity contribution in [3.05, 3.63) is 41.5 Å². The number of nitrogens with one attached hydrogen (secondary N) is 1. The third kappa shape index (κ3) is 6.44. The number of carboxylic acid groups (broad SMARTS) is 2. The fourth-order valence-electron chi connectivity index (χ4n) is 2.93. The zero-order chi connectivity index (χ0) is 22.0. The highest BCUT2D eigenvalue weighted by Crippen LogP contribution is 2.22. The van der Waals surface area contributed by atoms with Crippen molar-refractivity contribution in [3.63, 3.8) is 0 Å². The molecule has 1 fully saturated rings. The van der Waals surface area contributed by atoms with Crippen molar-refractivity contribution in [2.24, 2.45) is 5.92 Å². The summed E-state index contributed by atoms with van der Waals surface area (Å²) in [5, 5.41) is 18.6. The summed E-state index contributed by atoms with van der Waals surface area (Å²) >= 11 is 0. The summed E-state index contributed by atoms with van der Waals surface area (Å²) in [7, 11) is 0. The molecule has 1 atom stereocenters. The number of rotatable bonds is 8. The normalized spacial score (nSPS) is 16.5. The Morgan fingerprint density at radius 2 is 1.48 bits per heavy atom. The second kappa shape index (κ2) is 11.6. The number of para-hydroxylation sites is 1. The number of amides is 2. The van der Waals surface area contributed by atoms with E-state index in [1.807, 2.05) is 25.1 Å². The quantitative estimate of drug-likeness (QED) is 0.452. The molecule has 2 rings (SSSR count). The highest BCUT2D eigenvalue weighted by Gasteiger charge is 2.39. The van der Waals surface area contributed by atoms with E-state index < -0.39 is 17.9 Å². The van der Waals surface area contributed by atoms with Crippen LogP contribution < -0.4 is 10.4 Å². The standard InChI is InChI=1S/C13H16N2O2.C8H12O4/c1-2-3-9-11-12(16)14-15(13(11)17)10-7-5-4-6-8-10;1-3-5(7(9)10)6(4-2)8(11)12/h4-8,11H,2-3,9H2,1H3,(H,14,16);3-4H2,1-2H3,(H,9,10)(H,11,12)/b;6-5-. The maximum absolute atomic E-state index is 12.1. The fraction of sp³-hybridized carbons (Fsp3) is 0.429. The van der Waals surface area contributed by atoms with E-state index in [1.165, 1.54) is 5.01 Å². The first-order chi connectivity index (χ1) is 13.8. The molecular weight excluding hydrogens is 376 g/mol. The third-order valence-corrected chi connectivity index (χ3v) is 4.51. The topological polar surface area (TPSA) is 124 Å². The van der Waals surface area contributed by atoms with Gasteiger partial charge in [0.2, 0.25) is 0 Å². The summed E-state index contributed by atoms with van der Waals surface area (Å²) in [5.41, 5.74) is 3.32. The summed E-state index contributed by atoms with van der Waals surface area (Å²) in [6, 6.07) is 9.17. The van der Waals surface area contributed by atoms with Gasteiger partial charge in [-0.3, -0.25) is 15.0 Å². The Hall–Kier alpha value is -3.16. The van der Waals surface area contributed by atoms with Gasteiger partial charge in [-0.25, -0.2) is 14.6 Å². The van der Waals surface area contributed by atoms with Crippen molar-refractivity contribution in [2.75, 3.05) is 5.01 Å². The van der Waals surface area contributed by atoms with Gasteiger partial charge in [-0.15, -0.1) is 0 Å². The molecule has 1 aliphatic rings. The molecule has 1 saturated heterocycles. The van der Waals surface area contributed by atoms with Crippen LogP contribution in [0.3, 0.4) is 0 Å². The predicted octanol–water partition coefficient (Wildman–Crippen LogP) is 3.14. The van der Waals surface area contributed by atoms with Gasteiger partial charge in [0.05, 0.1) is 5.69 Å². The zero-order valence-corrected chi connectivity index (χ0v) is 17.0. The van der Waals surface area contributed by atoms with Crippen LogP contribution in [0.1, 0.15) is 52.9 Å². The second-order valence-electron chi connectivity index (χ2n) is 6.45. The Morgan fingerprint density at radius 3 is 1.90 bits per heavy atom. The molecule has 0 bridgehead atoms. The van der Waals surface area contributed by atoms with Gasteiger partial charge in [0.25, 0.3) is 11.8 Å². The smallest absolute Gasteiger partial charge is 0.332 e.